The molecule has 1 aromatic heterocycles. The third-order valence-corrected chi connectivity index (χ3v) is 3.88. The number of H-pyrrole nitrogens is 1. The zero-order chi connectivity index (χ0) is 19.0. The normalized spacial score (nSPS) is 12.7. The smallest absolute Gasteiger partial charge is 0.280 e. The average Bonchev–Trinajstić information content (AvgIpc) is 2.45. The summed E-state index contributed by atoms with van der Waals surface area (Å²) >= 11 is 0. The van der Waals surface area contributed by atoms with Crippen molar-refractivity contribution in [1.29, 1.82) is 0 Å². The van der Waals surface area contributed by atoms with E-state index in [2.05, 4.69) is 41.0 Å². The molecule has 0 atom stereocenters. The Kier molecular flexibility index (Phi) is 4.70. The van der Waals surface area contributed by atoms with Crippen molar-refractivity contribution in [2.45, 2.75) is 52.4 Å². The molecule has 0 unspecified atom stereocenters. The van der Waals surface area contributed by atoms with Crippen LogP contribution < -0.4 is 11.3 Å². The Morgan fingerprint density at radius 2 is 1.72 bits per heavy atom. The predicted molar refractivity (Wildman–Crippen MR) is 99.0 cm³/mol. The number of phenols is 1. The molecule has 0 saturated carbocycles. The lowest BCUT2D eigenvalue weighted by Gasteiger charge is -2.26. The molecule has 4 N–H and O–H groups in total. The number of azo groups is 1. The Hall–Kier alpha value is -2.70. The van der Waals surface area contributed by atoms with Gasteiger partial charge >= 0.3 is 0 Å². The molecule has 2 rings (SSSR count). The predicted octanol–water partition coefficient (Wildman–Crippen LogP) is 4.07. The van der Waals surface area contributed by atoms with Gasteiger partial charge in [0.1, 0.15) is 11.4 Å². The van der Waals surface area contributed by atoms with E-state index in [0.717, 1.165) is 11.1 Å². The Balaban J connectivity index is 2.65. The molecular formula is C18H25N5O2. The van der Waals surface area contributed by atoms with Gasteiger partial charge in [-0.1, -0.05) is 47.6 Å². The summed E-state index contributed by atoms with van der Waals surface area (Å²) < 4.78 is 0. The van der Waals surface area contributed by atoms with E-state index in [0.29, 0.717) is 5.69 Å². The highest BCUT2D eigenvalue weighted by Crippen LogP contribution is 2.42. The van der Waals surface area contributed by atoms with Crippen molar-refractivity contribution in [3.63, 3.8) is 0 Å². The van der Waals surface area contributed by atoms with E-state index in [1.54, 1.807) is 6.07 Å². The highest BCUT2D eigenvalue weighted by atomic mass is 16.3. The number of benzene rings is 1. The molecule has 134 valence electrons. The lowest BCUT2D eigenvalue weighted by atomic mass is 9.80. The second-order valence-corrected chi connectivity index (χ2v) is 8.06. The Morgan fingerprint density at radius 3 is 2.24 bits per heavy atom. The first-order chi connectivity index (χ1) is 11.4. The SMILES string of the molecule is CC(C)(C)c1cc(N=Nc2c(N)nc[nH]c2=O)c(O)c(C(C)(C)C)c1. The molecule has 0 fully saturated rings. The maximum Gasteiger partial charge on any atom is 0.280 e. The van der Waals surface area contributed by atoms with E-state index < -0.39 is 5.56 Å². The van der Waals surface area contributed by atoms with Crippen LogP contribution in [0.15, 0.2) is 33.5 Å². The molecule has 0 amide bonds. The monoisotopic (exact) mass is 343 g/mol. The summed E-state index contributed by atoms with van der Waals surface area (Å²) in [4.78, 5) is 18.0. The summed E-state index contributed by atoms with van der Waals surface area (Å²) in [6, 6.07) is 3.76. The molecule has 0 radical (unpaired) electrons. The van der Waals surface area contributed by atoms with Crippen molar-refractivity contribution in [3.8, 4) is 5.75 Å². The molecule has 1 aromatic carbocycles. The van der Waals surface area contributed by atoms with Gasteiger partial charge in [0.15, 0.2) is 11.5 Å². The minimum Gasteiger partial charge on any atom is -0.505 e. The van der Waals surface area contributed by atoms with E-state index in [1.165, 1.54) is 6.33 Å². The van der Waals surface area contributed by atoms with Gasteiger partial charge in [-0.2, -0.15) is 0 Å². The number of hydrogen-bond acceptors (Lipinski definition) is 6. The quantitative estimate of drug-likeness (QED) is 0.712. The number of nitrogens with zero attached hydrogens (tertiary/aromatic N) is 3. The fourth-order valence-corrected chi connectivity index (χ4v) is 2.31. The summed E-state index contributed by atoms with van der Waals surface area (Å²) in [5.41, 5.74) is 6.76. The molecular weight excluding hydrogens is 318 g/mol. The third kappa shape index (κ3) is 4.04. The zero-order valence-corrected chi connectivity index (χ0v) is 15.5. The first-order valence-corrected chi connectivity index (χ1v) is 8.04. The minimum atomic E-state index is -0.487. The van der Waals surface area contributed by atoms with Gasteiger partial charge in [0.05, 0.1) is 6.33 Å². The third-order valence-electron chi connectivity index (χ3n) is 3.88. The summed E-state index contributed by atoms with van der Waals surface area (Å²) in [5.74, 6) is 0.0261. The second-order valence-electron chi connectivity index (χ2n) is 8.06. The maximum absolute atomic E-state index is 11.8. The first kappa shape index (κ1) is 18.6. The van der Waals surface area contributed by atoms with Gasteiger partial charge in [0.2, 0.25) is 0 Å². The Labute approximate surface area is 147 Å². The average molecular weight is 343 g/mol. The van der Waals surface area contributed by atoms with Crippen LogP contribution >= 0.6 is 0 Å². The van der Waals surface area contributed by atoms with Crippen LogP contribution in [0.4, 0.5) is 17.2 Å². The van der Waals surface area contributed by atoms with Crippen LogP contribution in [0, 0.1) is 0 Å². The number of aromatic hydroxyl groups is 1. The largest absolute Gasteiger partial charge is 0.505 e. The number of aromatic nitrogens is 2. The second kappa shape index (κ2) is 6.31. The number of aromatic amines is 1. The summed E-state index contributed by atoms with van der Waals surface area (Å²) in [7, 11) is 0. The minimum absolute atomic E-state index is 0.0185. The van der Waals surface area contributed by atoms with E-state index in [1.807, 2.05) is 26.8 Å². The van der Waals surface area contributed by atoms with Crippen LogP contribution in [-0.2, 0) is 10.8 Å². The van der Waals surface area contributed by atoms with Crippen molar-refractivity contribution >= 4 is 17.2 Å². The van der Waals surface area contributed by atoms with Crippen molar-refractivity contribution in [1.82, 2.24) is 9.97 Å². The summed E-state index contributed by atoms with van der Waals surface area (Å²) in [6.45, 7) is 12.3. The topological polar surface area (TPSA) is 117 Å². The molecule has 0 saturated heterocycles. The van der Waals surface area contributed by atoms with E-state index in [4.69, 9.17) is 5.73 Å². The highest BCUT2D eigenvalue weighted by Gasteiger charge is 2.25. The lowest BCUT2D eigenvalue weighted by molar-refractivity contribution is 0.446. The van der Waals surface area contributed by atoms with Crippen molar-refractivity contribution in [2.75, 3.05) is 5.73 Å². The van der Waals surface area contributed by atoms with Gasteiger partial charge in [0, 0.05) is 5.56 Å². The van der Waals surface area contributed by atoms with E-state index >= 15 is 0 Å². The van der Waals surface area contributed by atoms with Crippen LogP contribution in [0.2, 0.25) is 0 Å². The number of phenolic OH excluding ortho intramolecular Hbond substituents is 1. The fourth-order valence-electron chi connectivity index (χ4n) is 2.31. The van der Waals surface area contributed by atoms with Crippen LogP contribution in [0.5, 0.6) is 5.75 Å². The van der Waals surface area contributed by atoms with E-state index in [-0.39, 0.29) is 28.1 Å². The number of nitrogens with two attached hydrogens (primary N) is 1. The first-order valence-electron chi connectivity index (χ1n) is 8.04. The molecule has 0 aliphatic rings. The highest BCUT2D eigenvalue weighted by molar-refractivity contribution is 5.61. The molecule has 0 spiro atoms. The van der Waals surface area contributed by atoms with Gasteiger partial charge < -0.3 is 15.8 Å². The molecule has 7 heteroatoms. The molecule has 7 nitrogen and oxygen atoms in total. The molecule has 0 aliphatic heterocycles. The van der Waals surface area contributed by atoms with Crippen LogP contribution in [0.25, 0.3) is 0 Å². The zero-order valence-electron chi connectivity index (χ0n) is 15.5. The maximum atomic E-state index is 11.8. The summed E-state index contributed by atoms with van der Waals surface area (Å²) in [5, 5.41) is 18.6. The van der Waals surface area contributed by atoms with Gasteiger partial charge in [-0.05, 0) is 22.5 Å². The van der Waals surface area contributed by atoms with Gasteiger partial charge in [-0.25, -0.2) is 4.98 Å². The van der Waals surface area contributed by atoms with Crippen LogP contribution in [0.3, 0.4) is 0 Å². The lowest BCUT2D eigenvalue weighted by Crippen LogP contribution is -2.16. The molecule has 25 heavy (non-hydrogen) atoms. The fraction of sp³-hybridized carbons (Fsp3) is 0.444. The number of hydrogen-bond donors (Lipinski definition) is 3. The molecule has 0 aliphatic carbocycles. The number of nitrogens with one attached hydrogen (secondary N) is 1. The van der Waals surface area contributed by atoms with Crippen molar-refractivity contribution < 1.29 is 5.11 Å². The number of nitrogen functional groups attached to an aromatic ring is 1. The van der Waals surface area contributed by atoms with Crippen molar-refractivity contribution in [2.24, 2.45) is 10.2 Å². The van der Waals surface area contributed by atoms with Gasteiger partial charge in [-0.3, -0.25) is 4.79 Å². The molecule has 1 heterocycles. The van der Waals surface area contributed by atoms with E-state index in [9.17, 15) is 9.90 Å². The van der Waals surface area contributed by atoms with Gasteiger partial charge in [0.25, 0.3) is 5.56 Å². The van der Waals surface area contributed by atoms with Gasteiger partial charge in [-0.15, -0.1) is 10.2 Å². The van der Waals surface area contributed by atoms with Crippen LogP contribution in [0.1, 0.15) is 52.7 Å². The Morgan fingerprint density at radius 1 is 1.08 bits per heavy atom. The van der Waals surface area contributed by atoms with Crippen molar-refractivity contribution in [3.05, 3.63) is 39.9 Å². The standard InChI is InChI=1S/C18H25N5O2/c1-17(2,3)10-7-11(18(4,5)6)14(24)12(8-10)22-23-13-15(19)20-9-21-16(13)25/h7-9,24H,1-6H3,(H3,19,20,21,25). The molecule has 0 bridgehead atoms. The Bertz CT molecular complexity index is 871. The van der Waals surface area contributed by atoms with Crippen LogP contribution in [-0.4, -0.2) is 15.1 Å². The molecule has 2 aromatic rings. The number of anilines is 1. The number of rotatable bonds is 2. The summed E-state index contributed by atoms with van der Waals surface area (Å²) in [6.07, 6.45) is 1.20.